The minimum Gasteiger partial charge on any atom is -0.492 e. The Bertz CT molecular complexity index is 627. The van der Waals surface area contributed by atoms with Crippen molar-refractivity contribution < 1.29 is 13.2 Å². The van der Waals surface area contributed by atoms with Crippen LogP contribution in [-0.4, -0.2) is 76.7 Å². The Morgan fingerprint density at radius 1 is 1.19 bits per heavy atom. The number of halogens is 1. The van der Waals surface area contributed by atoms with Gasteiger partial charge in [0.25, 0.3) is 0 Å². The Balaban J connectivity index is 0.00000338. The van der Waals surface area contributed by atoms with Crippen LogP contribution in [0, 0.1) is 0 Å². The highest BCUT2D eigenvalue weighted by molar-refractivity contribution is 14.0. The first-order valence-corrected chi connectivity index (χ1v) is 10.5. The summed E-state index contributed by atoms with van der Waals surface area (Å²) in [4.78, 5) is 6.68. The molecule has 148 valence electrons. The molecule has 0 aliphatic carbocycles. The zero-order chi connectivity index (χ0) is 18.0. The maximum atomic E-state index is 11.4. The van der Waals surface area contributed by atoms with Gasteiger partial charge in [-0.15, -0.1) is 24.0 Å². The molecule has 7 nitrogen and oxygen atoms in total. The predicted octanol–water partition coefficient (Wildman–Crippen LogP) is 0.969. The highest BCUT2D eigenvalue weighted by Crippen LogP contribution is 2.07. The second kappa shape index (κ2) is 12.3. The van der Waals surface area contributed by atoms with Crippen LogP contribution >= 0.6 is 24.0 Å². The molecule has 0 saturated carbocycles. The fraction of sp³-hybridized carbons (Fsp3) is 0.588. The van der Waals surface area contributed by atoms with Crippen LogP contribution < -0.4 is 15.4 Å². The van der Waals surface area contributed by atoms with Crippen molar-refractivity contribution in [2.24, 2.45) is 4.99 Å². The van der Waals surface area contributed by atoms with E-state index in [0.29, 0.717) is 32.8 Å². The second-order valence-electron chi connectivity index (χ2n) is 5.84. The van der Waals surface area contributed by atoms with E-state index < -0.39 is 9.84 Å². The van der Waals surface area contributed by atoms with Gasteiger partial charge in [0.15, 0.2) is 15.8 Å². The highest BCUT2D eigenvalue weighted by atomic mass is 127. The summed E-state index contributed by atoms with van der Waals surface area (Å²) in [5.74, 6) is 2.12. The second-order valence-corrected chi connectivity index (χ2v) is 8.15. The number of aliphatic imine (C=N–C) groups is 1. The van der Waals surface area contributed by atoms with Gasteiger partial charge in [0, 0.05) is 26.2 Å². The molecule has 9 heteroatoms. The molecule has 1 aliphatic heterocycles. The Hall–Kier alpha value is -1.07. The number of nitrogens with zero attached hydrogens (tertiary/aromatic N) is 2. The van der Waals surface area contributed by atoms with Crippen molar-refractivity contribution in [1.82, 2.24) is 15.5 Å². The van der Waals surface area contributed by atoms with E-state index in [0.717, 1.165) is 24.8 Å². The fourth-order valence-electron chi connectivity index (χ4n) is 2.47. The maximum absolute atomic E-state index is 11.4. The third kappa shape index (κ3) is 9.04. The molecule has 0 spiro atoms. The van der Waals surface area contributed by atoms with Crippen LogP contribution in [0.15, 0.2) is 35.3 Å². The summed E-state index contributed by atoms with van der Waals surface area (Å²) >= 11 is 0. The number of benzene rings is 1. The van der Waals surface area contributed by atoms with Gasteiger partial charge in [-0.25, -0.2) is 8.42 Å². The van der Waals surface area contributed by atoms with Crippen LogP contribution in [0.5, 0.6) is 5.75 Å². The molecule has 2 N–H and O–H groups in total. The van der Waals surface area contributed by atoms with Crippen molar-refractivity contribution in [3.8, 4) is 5.75 Å². The molecule has 0 amide bonds. The first-order valence-electron chi connectivity index (χ1n) is 8.72. The third-order valence-corrected chi connectivity index (χ3v) is 5.48. The van der Waals surface area contributed by atoms with E-state index in [1.165, 1.54) is 0 Å². The first-order chi connectivity index (χ1) is 12.1. The summed E-state index contributed by atoms with van der Waals surface area (Å²) in [5, 5.41) is 6.44. The average Bonchev–Trinajstić information content (AvgIpc) is 2.61. The van der Waals surface area contributed by atoms with E-state index in [-0.39, 0.29) is 35.5 Å². The van der Waals surface area contributed by atoms with E-state index in [2.05, 4.69) is 20.5 Å². The van der Waals surface area contributed by atoms with Crippen molar-refractivity contribution in [2.45, 2.75) is 6.92 Å². The Kier molecular flexibility index (Phi) is 10.9. The fourth-order valence-corrected chi connectivity index (χ4v) is 3.75. The maximum Gasteiger partial charge on any atom is 0.191 e. The van der Waals surface area contributed by atoms with Crippen LogP contribution in [0.1, 0.15) is 6.92 Å². The first kappa shape index (κ1) is 23.0. The molecular formula is C17H29IN4O3S. The molecule has 1 heterocycles. The lowest BCUT2D eigenvalue weighted by Gasteiger charge is -2.25. The number of sulfone groups is 1. The van der Waals surface area contributed by atoms with E-state index in [1.807, 2.05) is 37.3 Å². The molecular weight excluding hydrogens is 467 g/mol. The van der Waals surface area contributed by atoms with E-state index in [4.69, 9.17) is 4.74 Å². The van der Waals surface area contributed by atoms with Gasteiger partial charge in [0.2, 0.25) is 0 Å². The molecule has 1 aromatic rings. The molecule has 1 saturated heterocycles. The van der Waals surface area contributed by atoms with Gasteiger partial charge in [-0.1, -0.05) is 18.2 Å². The van der Waals surface area contributed by atoms with Crippen molar-refractivity contribution in [1.29, 1.82) is 0 Å². The third-order valence-electron chi connectivity index (χ3n) is 3.87. The summed E-state index contributed by atoms with van der Waals surface area (Å²) in [6, 6.07) is 9.70. The monoisotopic (exact) mass is 496 g/mol. The summed E-state index contributed by atoms with van der Waals surface area (Å²) in [5.41, 5.74) is 0. The van der Waals surface area contributed by atoms with Crippen LogP contribution in [0.3, 0.4) is 0 Å². The van der Waals surface area contributed by atoms with Gasteiger partial charge in [0.1, 0.15) is 12.4 Å². The van der Waals surface area contributed by atoms with Gasteiger partial charge < -0.3 is 15.4 Å². The number of hydrogen-bond acceptors (Lipinski definition) is 5. The van der Waals surface area contributed by atoms with Gasteiger partial charge >= 0.3 is 0 Å². The van der Waals surface area contributed by atoms with Crippen LogP contribution in [-0.2, 0) is 9.84 Å². The molecule has 2 rings (SSSR count). The normalized spacial score (nSPS) is 17.2. The summed E-state index contributed by atoms with van der Waals surface area (Å²) in [6.45, 7) is 6.63. The predicted molar refractivity (Wildman–Crippen MR) is 116 cm³/mol. The van der Waals surface area contributed by atoms with Gasteiger partial charge in [-0.2, -0.15) is 0 Å². The molecule has 0 bridgehead atoms. The van der Waals surface area contributed by atoms with Crippen molar-refractivity contribution in [2.75, 3.05) is 57.4 Å². The Morgan fingerprint density at radius 3 is 2.54 bits per heavy atom. The van der Waals surface area contributed by atoms with Gasteiger partial charge in [0.05, 0.1) is 24.6 Å². The van der Waals surface area contributed by atoms with Crippen LogP contribution in [0.25, 0.3) is 0 Å². The smallest absolute Gasteiger partial charge is 0.191 e. The SMILES string of the molecule is CCNC(=NCCN1CCS(=O)(=O)CC1)NCCOc1ccccc1.I. The topological polar surface area (TPSA) is 83.0 Å². The van der Waals surface area contributed by atoms with E-state index >= 15 is 0 Å². The molecule has 1 aromatic carbocycles. The Labute approximate surface area is 173 Å². The molecule has 0 atom stereocenters. The lowest BCUT2D eigenvalue weighted by Crippen LogP contribution is -2.42. The van der Waals surface area contributed by atoms with Crippen LogP contribution in [0.4, 0.5) is 0 Å². The standard InChI is InChI=1S/C17H28N4O3S.HI/c1-2-18-17(20-9-13-24-16-6-4-3-5-7-16)19-8-10-21-11-14-25(22,23)15-12-21;/h3-7H,2,8-15H2,1H3,(H2,18,19,20);1H. The summed E-state index contributed by atoms with van der Waals surface area (Å²) < 4.78 is 28.5. The molecule has 26 heavy (non-hydrogen) atoms. The Morgan fingerprint density at radius 2 is 1.88 bits per heavy atom. The summed E-state index contributed by atoms with van der Waals surface area (Å²) in [6.07, 6.45) is 0. The number of nitrogens with one attached hydrogen (secondary N) is 2. The number of para-hydroxylation sites is 1. The zero-order valence-electron chi connectivity index (χ0n) is 15.2. The zero-order valence-corrected chi connectivity index (χ0v) is 18.3. The molecule has 0 unspecified atom stereocenters. The minimum atomic E-state index is -2.82. The lowest BCUT2D eigenvalue weighted by atomic mass is 10.3. The minimum absolute atomic E-state index is 0. The quantitative estimate of drug-likeness (QED) is 0.242. The average molecular weight is 496 g/mol. The van der Waals surface area contributed by atoms with Gasteiger partial charge in [-0.05, 0) is 19.1 Å². The molecule has 0 radical (unpaired) electrons. The molecule has 1 aliphatic rings. The summed E-state index contributed by atoms with van der Waals surface area (Å²) in [7, 11) is -2.82. The molecule has 1 fully saturated rings. The van der Waals surface area contributed by atoms with E-state index in [1.54, 1.807) is 0 Å². The largest absolute Gasteiger partial charge is 0.492 e. The molecule has 0 aromatic heterocycles. The van der Waals surface area contributed by atoms with Crippen LogP contribution in [0.2, 0.25) is 0 Å². The lowest BCUT2D eigenvalue weighted by molar-refractivity contribution is 0.304. The number of ether oxygens (including phenoxy) is 1. The van der Waals surface area contributed by atoms with Crippen molar-refractivity contribution >= 4 is 39.8 Å². The van der Waals surface area contributed by atoms with E-state index in [9.17, 15) is 8.42 Å². The van der Waals surface area contributed by atoms with Crippen molar-refractivity contribution in [3.05, 3.63) is 30.3 Å². The number of guanidine groups is 1. The number of hydrogen-bond donors (Lipinski definition) is 2. The van der Waals surface area contributed by atoms with Crippen molar-refractivity contribution in [3.63, 3.8) is 0 Å². The number of rotatable bonds is 8. The van der Waals surface area contributed by atoms with Gasteiger partial charge in [-0.3, -0.25) is 9.89 Å². The highest BCUT2D eigenvalue weighted by Gasteiger charge is 2.20.